The number of amides is 3. The molecular formula is C21H24N6O3. The molecule has 0 saturated heterocycles. The Morgan fingerprint density at radius 1 is 1.03 bits per heavy atom. The van der Waals surface area contributed by atoms with Gasteiger partial charge in [0.05, 0.1) is 5.52 Å². The minimum atomic E-state index is -0.751. The van der Waals surface area contributed by atoms with Crippen LogP contribution in [0, 0.1) is 0 Å². The second kappa shape index (κ2) is 9.17. The molecule has 0 aliphatic rings. The molecule has 1 heterocycles. The van der Waals surface area contributed by atoms with E-state index in [0.29, 0.717) is 22.5 Å². The fraction of sp³-hybridized carbons (Fsp3) is 0.286. The molecule has 2 aromatic carbocycles. The number of carbonyl (C=O) groups is 3. The topological polar surface area (TPSA) is 118 Å². The third kappa shape index (κ3) is 4.99. The van der Waals surface area contributed by atoms with E-state index >= 15 is 0 Å². The van der Waals surface area contributed by atoms with Crippen molar-refractivity contribution in [1.29, 1.82) is 0 Å². The van der Waals surface area contributed by atoms with Gasteiger partial charge in [0.2, 0.25) is 11.8 Å². The molecule has 0 spiro atoms. The monoisotopic (exact) mass is 408 g/mol. The van der Waals surface area contributed by atoms with Gasteiger partial charge in [0.25, 0.3) is 5.91 Å². The lowest BCUT2D eigenvalue weighted by Gasteiger charge is -2.14. The molecule has 30 heavy (non-hydrogen) atoms. The van der Waals surface area contributed by atoms with Crippen molar-refractivity contribution in [3.05, 3.63) is 48.0 Å². The van der Waals surface area contributed by atoms with Gasteiger partial charge in [-0.25, -0.2) is 4.68 Å². The standard InChI is InChI=1S/C21H24N6O3/c1-4-11-27-19-10-5-15(12-18(19)25-26-27)21(30)22-13(2)20(29)24-17-8-6-16(7-9-17)23-14(3)28/h5-10,12-13H,4,11H2,1-3H3,(H,22,30)(H,23,28)(H,24,29)/t13-/m1/s1. The van der Waals surface area contributed by atoms with Gasteiger partial charge in [-0.3, -0.25) is 14.4 Å². The minimum absolute atomic E-state index is 0.172. The first-order valence-electron chi connectivity index (χ1n) is 9.70. The molecule has 0 bridgehead atoms. The lowest BCUT2D eigenvalue weighted by molar-refractivity contribution is -0.117. The van der Waals surface area contributed by atoms with Gasteiger partial charge in [-0.1, -0.05) is 12.1 Å². The summed E-state index contributed by atoms with van der Waals surface area (Å²) in [7, 11) is 0. The minimum Gasteiger partial charge on any atom is -0.341 e. The van der Waals surface area contributed by atoms with Crippen molar-refractivity contribution in [3.8, 4) is 0 Å². The second-order valence-corrected chi connectivity index (χ2v) is 6.96. The van der Waals surface area contributed by atoms with E-state index in [4.69, 9.17) is 0 Å². The number of rotatable bonds is 7. The quantitative estimate of drug-likeness (QED) is 0.555. The van der Waals surface area contributed by atoms with E-state index in [9.17, 15) is 14.4 Å². The zero-order valence-electron chi connectivity index (χ0n) is 17.1. The normalized spacial score (nSPS) is 11.7. The van der Waals surface area contributed by atoms with Crippen LogP contribution in [-0.4, -0.2) is 38.8 Å². The molecule has 0 radical (unpaired) electrons. The summed E-state index contributed by atoms with van der Waals surface area (Å²) < 4.78 is 1.80. The summed E-state index contributed by atoms with van der Waals surface area (Å²) in [5.41, 5.74) is 3.09. The largest absolute Gasteiger partial charge is 0.341 e. The Balaban J connectivity index is 1.61. The summed E-state index contributed by atoms with van der Waals surface area (Å²) in [6.45, 7) is 5.84. The molecule has 0 aliphatic heterocycles. The molecule has 9 heteroatoms. The molecule has 3 aromatic rings. The maximum atomic E-state index is 12.5. The molecule has 156 valence electrons. The van der Waals surface area contributed by atoms with E-state index in [1.807, 2.05) is 0 Å². The van der Waals surface area contributed by atoms with Crippen molar-refractivity contribution in [2.45, 2.75) is 39.8 Å². The van der Waals surface area contributed by atoms with Crippen molar-refractivity contribution in [2.75, 3.05) is 10.6 Å². The van der Waals surface area contributed by atoms with E-state index in [1.165, 1.54) is 6.92 Å². The number of aromatic nitrogens is 3. The van der Waals surface area contributed by atoms with E-state index in [2.05, 4.69) is 33.2 Å². The highest BCUT2D eigenvalue weighted by molar-refractivity contribution is 6.02. The van der Waals surface area contributed by atoms with Gasteiger partial charge >= 0.3 is 0 Å². The number of carbonyl (C=O) groups excluding carboxylic acids is 3. The van der Waals surface area contributed by atoms with Crippen LogP contribution in [0.15, 0.2) is 42.5 Å². The summed E-state index contributed by atoms with van der Waals surface area (Å²) in [4.78, 5) is 36.0. The average Bonchev–Trinajstić information content (AvgIpc) is 3.11. The van der Waals surface area contributed by atoms with Gasteiger partial charge in [0.15, 0.2) is 0 Å². The summed E-state index contributed by atoms with van der Waals surface area (Å²) >= 11 is 0. The Hall–Kier alpha value is -3.75. The molecular weight excluding hydrogens is 384 g/mol. The number of fused-ring (bicyclic) bond motifs is 1. The summed E-state index contributed by atoms with van der Waals surface area (Å²) in [5.74, 6) is -0.898. The Morgan fingerprint density at radius 2 is 1.70 bits per heavy atom. The van der Waals surface area contributed by atoms with Crippen LogP contribution >= 0.6 is 0 Å². The summed E-state index contributed by atoms with van der Waals surface area (Å²) in [5, 5.41) is 16.3. The highest BCUT2D eigenvalue weighted by Crippen LogP contribution is 2.15. The Labute approximate surface area is 173 Å². The number of benzene rings is 2. The first-order valence-corrected chi connectivity index (χ1v) is 9.70. The molecule has 0 aliphatic carbocycles. The van der Waals surface area contributed by atoms with E-state index in [-0.39, 0.29) is 17.7 Å². The second-order valence-electron chi connectivity index (χ2n) is 6.96. The first kappa shape index (κ1) is 21.0. The molecule has 0 unspecified atom stereocenters. The van der Waals surface area contributed by atoms with Gasteiger partial charge < -0.3 is 16.0 Å². The molecule has 3 amide bonds. The van der Waals surface area contributed by atoms with E-state index in [1.54, 1.807) is 54.1 Å². The SMILES string of the molecule is CCCn1nnc2cc(C(=O)N[C@H](C)C(=O)Nc3ccc(NC(C)=O)cc3)ccc21. The fourth-order valence-electron chi connectivity index (χ4n) is 2.93. The Kier molecular flexibility index (Phi) is 6.41. The fourth-order valence-corrected chi connectivity index (χ4v) is 2.93. The number of nitrogens with zero attached hydrogens (tertiary/aromatic N) is 3. The number of nitrogens with one attached hydrogen (secondary N) is 3. The number of anilines is 2. The van der Waals surface area contributed by atoms with Gasteiger partial charge in [-0.2, -0.15) is 0 Å². The van der Waals surface area contributed by atoms with Crippen LogP contribution in [0.25, 0.3) is 11.0 Å². The number of aryl methyl sites for hydroxylation is 1. The lowest BCUT2D eigenvalue weighted by Crippen LogP contribution is -2.41. The predicted octanol–water partition coefficient (Wildman–Crippen LogP) is 2.56. The van der Waals surface area contributed by atoms with Crippen LogP contribution in [0.3, 0.4) is 0 Å². The molecule has 1 atom stereocenters. The van der Waals surface area contributed by atoms with Gasteiger partial charge in [-0.15, -0.1) is 5.10 Å². The maximum Gasteiger partial charge on any atom is 0.251 e. The molecule has 0 fully saturated rings. The summed E-state index contributed by atoms with van der Waals surface area (Å²) in [6, 6.07) is 11.1. The van der Waals surface area contributed by atoms with E-state index < -0.39 is 6.04 Å². The van der Waals surface area contributed by atoms with Crippen molar-refractivity contribution >= 4 is 40.1 Å². The van der Waals surface area contributed by atoms with Crippen molar-refractivity contribution in [2.24, 2.45) is 0 Å². The molecule has 3 N–H and O–H groups in total. The third-order valence-corrected chi connectivity index (χ3v) is 4.43. The van der Waals surface area contributed by atoms with Gasteiger partial charge in [0, 0.05) is 30.4 Å². The number of hydrogen-bond acceptors (Lipinski definition) is 5. The van der Waals surface area contributed by atoms with Gasteiger partial charge in [0.1, 0.15) is 11.6 Å². The lowest BCUT2D eigenvalue weighted by atomic mass is 10.1. The molecule has 0 saturated carbocycles. The number of hydrogen-bond donors (Lipinski definition) is 3. The predicted molar refractivity (Wildman–Crippen MR) is 114 cm³/mol. The van der Waals surface area contributed by atoms with Crippen LogP contribution in [0.4, 0.5) is 11.4 Å². The zero-order valence-corrected chi connectivity index (χ0v) is 17.1. The van der Waals surface area contributed by atoms with Crippen LogP contribution < -0.4 is 16.0 Å². The van der Waals surface area contributed by atoms with Crippen molar-refractivity contribution in [1.82, 2.24) is 20.3 Å². The first-order chi connectivity index (χ1) is 14.4. The average molecular weight is 408 g/mol. The zero-order chi connectivity index (χ0) is 21.7. The van der Waals surface area contributed by atoms with Gasteiger partial charge in [-0.05, 0) is 55.8 Å². The Morgan fingerprint density at radius 3 is 2.33 bits per heavy atom. The maximum absolute atomic E-state index is 12.5. The molecule has 3 rings (SSSR count). The van der Waals surface area contributed by atoms with Crippen molar-refractivity contribution < 1.29 is 14.4 Å². The summed E-state index contributed by atoms with van der Waals surface area (Å²) in [6.07, 6.45) is 0.934. The third-order valence-electron chi connectivity index (χ3n) is 4.43. The Bertz CT molecular complexity index is 1070. The highest BCUT2D eigenvalue weighted by Gasteiger charge is 2.18. The van der Waals surface area contributed by atoms with Crippen LogP contribution in [-0.2, 0) is 16.1 Å². The van der Waals surface area contributed by atoms with Crippen molar-refractivity contribution in [3.63, 3.8) is 0 Å². The van der Waals surface area contributed by atoms with E-state index in [0.717, 1.165) is 18.5 Å². The van der Waals surface area contributed by atoms with Crippen LogP contribution in [0.1, 0.15) is 37.6 Å². The van der Waals surface area contributed by atoms with Crippen LogP contribution in [0.2, 0.25) is 0 Å². The van der Waals surface area contributed by atoms with Crippen LogP contribution in [0.5, 0.6) is 0 Å². The highest BCUT2D eigenvalue weighted by atomic mass is 16.2. The molecule has 9 nitrogen and oxygen atoms in total. The smallest absolute Gasteiger partial charge is 0.251 e. The molecule has 1 aromatic heterocycles.